The smallest absolute Gasteiger partial charge is 0.242 e. The Morgan fingerprint density at radius 3 is 3.00 bits per heavy atom. The molecule has 0 saturated carbocycles. The van der Waals surface area contributed by atoms with Crippen molar-refractivity contribution in [3.05, 3.63) is 0 Å². The van der Waals surface area contributed by atoms with E-state index in [0.29, 0.717) is 19.4 Å². The van der Waals surface area contributed by atoms with Gasteiger partial charge in [0.15, 0.2) is 0 Å². The molecular formula is C8H14N2O2. The summed E-state index contributed by atoms with van der Waals surface area (Å²) in [4.78, 5) is 22.0. The molecule has 1 aliphatic heterocycles. The lowest BCUT2D eigenvalue weighted by Gasteiger charge is -2.08. The number of rotatable bonds is 3. The van der Waals surface area contributed by atoms with Gasteiger partial charge >= 0.3 is 0 Å². The number of hydrogen-bond acceptors (Lipinski definition) is 2. The molecule has 0 aliphatic carbocycles. The molecule has 1 fully saturated rings. The van der Waals surface area contributed by atoms with Gasteiger partial charge in [0, 0.05) is 13.0 Å². The molecule has 1 rings (SSSR count). The Morgan fingerprint density at radius 2 is 2.50 bits per heavy atom. The Hall–Kier alpha value is -1.06. The predicted octanol–water partition coefficient (Wildman–Crippen LogP) is -0.209. The van der Waals surface area contributed by atoms with Crippen LogP contribution in [-0.4, -0.2) is 24.4 Å². The number of hydrogen-bond donors (Lipinski definition) is 2. The van der Waals surface area contributed by atoms with E-state index in [1.165, 1.54) is 0 Å². The molecule has 1 heterocycles. The van der Waals surface area contributed by atoms with Gasteiger partial charge in [0.1, 0.15) is 6.04 Å². The molecule has 1 atom stereocenters. The molecule has 4 nitrogen and oxygen atoms in total. The highest BCUT2D eigenvalue weighted by Crippen LogP contribution is 1.99. The molecule has 0 aromatic carbocycles. The van der Waals surface area contributed by atoms with Crippen molar-refractivity contribution in [1.29, 1.82) is 0 Å². The van der Waals surface area contributed by atoms with Crippen molar-refractivity contribution in [1.82, 2.24) is 10.6 Å². The predicted molar refractivity (Wildman–Crippen MR) is 44.5 cm³/mol. The lowest BCUT2D eigenvalue weighted by molar-refractivity contribution is -0.127. The number of amides is 2. The van der Waals surface area contributed by atoms with Gasteiger partial charge in [-0.15, -0.1) is 0 Å². The molecule has 0 spiro atoms. The molecule has 1 saturated heterocycles. The van der Waals surface area contributed by atoms with Gasteiger partial charge in [-0.25, -0.2) is 0 Å². The Morgan fingerprint density at radius 1 is 1.75 bits per heavy atom. The third-order valence-electron chi connectivity index (χ3n) is 1.86. The van der Waals surface area contributed by atoms with Crippen molar-refractivity contribution in [3.8, 4) is 0 Å². The van der Waals surface area contributed by atoms with E-state index in [2.05, 4.69) is 10.6 Å². The molecule has 0 radical (unpaired) electrons. The quantitative estimate of drug-likeness (QED) is 0.615. The summed E-state index contributed by atoms with van der Waals surface area (Å²) in [5, 5.41) is 5.34. The van der Waals surface area contributed by atoms with Crippen LogP contribution in [0, 0.1) is 0 Å². The van der Waals surface area contributed by atoms with E-state index in [4.69, 9.17) is 0 Å². The second kappa shape index (κ2) is 4.09. The normalized spacial score (nSPS) is 22.1. The molecular weight excluding hydrogens is 156 g/mol. The summed E-state index contributed by atoms with van der Waals surface area (Å²) in [6.07, 6.45) is 2.04. The summed E-state index contributed by atoms with van der Waals surface area (Å²) < 4.78 is 0. The molecule has 4 heteroatoms. The average molecular weight is 170 g/mol. The summed E-state index contributed by atoms with van der Waals surface area (Å²) in [7, 11) is 0. The van der Waals surface area contributed by atoms with E-state index < -0.39 is 0 Å². The SMILES string of the molecule is CCCC(=O)N[C@@H]1CCNC1=O. The second-order valence-corrected chi connectivity index (χ2v) is 2.95. The Kier molecular flexibility index (Phi) is 3.08. The molecule has 0 aromatic rings. The van der Waals surface area contributed by atoms with E-state index in [1.54, 1.807) is 0 Å². The van der Waals surface area contributed by atoms with E-state index in [1.807, 2.05) is 6.92 Å². The van der Waals surface area contributed by atoms with Crippen LogP contribution in [0.15, 0.2) is 0 Å². The Labute approximate surface area is 71.7 Å². The lowest BCUT2D eigenvalue weighted by Crippen LogP contribution is -2.39. The van der Waals surface area contributed by atoms with Crippen molar-refractivity contribution < 1.29 is 9.59 Å². The maximum atomic E-state index is 11.1. The van der Waals surface area contributed by atoms with Crippen LogP contribution in [-0.2, 0) is 9.59 Å². The summed E-state index contributed by atoms with van der Waals surface area (Å²) >= 11 is 0. The third-order valence-corrected chi connectivity index (χ3v) is 1.86. The first kappa shape index (κ1) is 9.03. The molecule has 1 aliphatic rings. The standard InChI is InChI=1S/C8H14N2O2/c1-2-3-7(11)10-6-4-5-9-8(6)12/h6H,2-5H2,1H3,(H,9,12)(H,10,11)/t6-/m1/s1. The van der Waals surface area contributed by atoms with Gasteiger partial charge in [0.25, 0.3) is 0 Å². The first-order valence-corrected chi connectivity index (χ1v) is 4.31. The van der Waals surface area contributed by atoms with Gasteiger partial charge in [0.05, 0.1) is 0 Å². The van der Waals surface area contributed by atoms with E-state index in [9.17, 15) is 9.59 Å². The first-order chi connectivity index (χ1) is 5.74. The minimum absolute atomic E-state index is 0.0282. The summed E-state index contributed by atoms with van der Waals surface area (Å²) in [6.45, 7) is 2.62. The zero-order chi connectivity index (χ0) is 8.97. The van der Waals surface area contributed by atoms with Crippen LogP contribution in [0.25, 0.3) is 0 Å². The fraction of sp³-hybridized carbons (Fsp3) is 0.750. The van der Waals surface area contributed by atoms with Crippen LogP contribution < -0.4 is 10.6 Å². The van der Waals surface area contributed by atoms with Crippen LogP contribution in [0.3, 0.4) is 0 Å². The number of nitrogens with one attached hydrogen (secondary N) is 2. The maximum Gasteiger partial charge on any atom is 0.242 e. The van der Waals surface area contributed by atoms with Crippen molar-refractivity contribution in [3.63, 3.8) is 0 Å². The highest BCUT2D eigenvalue weighted by molar-refractivity contribution is 5.88. The highest BCUT2D eigenvalue weighted by Gasteiger charge is 2.24. The zero-order valence-electron chi connectivity index (χ0n) is 7.22. The summed E-state index contributed by atoms with van der Waals surface area (Å²) in [6, 6.07) is -0.288. The van der Waals surface area contributed by atoms with Crippen LogP contribution >= 0.6 is 0 Å². The molecule has 12 heavy (non-hydrogen) atoms. The second-order valence-electron chi connectivity index (χ2n) is 2.95. The average Bonchev–Trinajstić information content (AvgIpc) is 2.37. The topological polar surface area (TPSA) is 58.2 Å². The van der Waals surface area contributed by atoms with Crippen molar-refractivity contribution in [2.75, 3.05) is 6.54 Å². The Balaban J connectivity index is 2.30. The zero-order valence-corrected chi connectivity index (χ0v) is 7.22. The molecule has 2 N–H and O–H groups in total. The van der Waals surface area contributed by atoms with Gasteiger partial charge in [-0.05, 0) is 12.8 Å². The Bertz CT molecular complexity index is 191. The van der Waals surface area contributed by atoms with Crippen LogP contribution in [0.5, 0.6) is 0 Å². The van der Waals surface area contributed by atoms with Crippen molar-refractivity contribution in [2.24, 2.45) is 0 Å². The molecule has 68 valence electrons. The lowest BCUT2D eigenvalue weighted by atomic mass is 10.2. The summed E-state index contributed by atoms with van der Waals surface area (Å²) in [5.74, 6) is -0.0843. The van der Waals surface area contributed by atoms with Gasteiger partial charge in [0.2, 0.25) is 11.8 Å². The molecule has 0 bridgehead atoms. The minimum Gasteiger partial charge on any atom is -0.354 e. The third kappa shape index (κ3) is 2.22. The van der Waals surface area contributed by atoms with E-state index >= 15 is 0 Å². The fourth-order valence-corrected chi connectivity index (χ4v) is 1.23. The summed E-state index contributed by atoms with van der Waals surface area (Å²) in [5.41, 5.74) is 0. The monoisotopic (exact) mass is 170 g/mol. The first-order valence-electron chi connectivity index (χ1n) is 4.31. The molecule has 2 amide bonds. The van der Waals surface area contributed by atoms with Crippen LogP contribution in [0.1, 0.15) is 26.2 Å². The van der Waals surface area contributed by atoms with E-state index in [0.717, 1.165) is 6.42 Å². The molecule has 0 unspecified atom stereocenters. The van der Waals surface area contributed by atoms with Crippen molar-refractivity contribution >= 4 is 11.8 Å². The van der Waals surface area contributed by atoms with Crippen LogP contribution in [0.2, 0.25) is 0 Å². The van der Waals surface area contributed by atoms with E-state index in [-0.39, 0.29) is 17.9 Å². The molecule has 0 aromatic heterocycles. The van der Waals surface area contributed by atoms with Crippen molar-refractivity contribution in [2.45, 2.75) is 32.2 Å². The highest BCUT2D eigenvalue weighted by atomic mass is 16.2. The largest absolute Gasteiger partial charge is 0.354 e. The minimum atomic E-state index is -0.288. The van der Waals surface area contributed by atoms with Gasteiger partial charge in [-0.2, -0.15) is 0 Å². The van der Waals surface area contributed by atoms with Gasteiger partial charge < -0.3 is 10.6 Å². The fourth-order valence-electron chi connectivity index (χ4n) is 1.23. The van der Waals surface area contributed by atoms with Gasteiger partial charge in [-0.3, -0.25) is 9.59 Å². The number of carbonyl (C=O) groups is 2. The number of carbonyl (C=O) groups excluding carboxylic acids is 2. The maximum absolute atomic E-state index is 11.1. The van der Waals surface area contributed by atoms with Crippen LogP contribution in [0.4, 0.5) is 0 Å². The van der Waals surface area contributed by atoms with Gasteiger partial charge in [-0.1, -0.05) is 6.92 Å².